The highest BCUT2D eigenvalue weighted by Gasteiger charge is 2.30. The lowest BCUT2D eigenvalue weighted by atomic mass is 9.91. The van der Waals surface area contributed by atoms with Crippen molar-refractivity contribution in [3.05, 3.63) is 35.3 Å². The van der Waals surface area contributed by atoms with Crippen LogP contribution >= 0.6 is 0 Å². The molecule has 2 N–H and O–H groups in total. The number of aryl methyl sites for hydroxylation is 1. The van der Waals surface area contributed by atoms with Crippen molar-refractivity contribution in [1.29, 1.82) is 0 Å². The van der Waals surface area contributed by atoms with Crippen molar-refractivity contribution in [1.82, 2.24) is 0 Å². The predicted molar refractivity (Wildman–Crippen MR) is 97.0 cm³/mol. The van der Waals surface area contributed by atoms with Crippen molar-refractivity contribution >= 4 is 33.1 Å². The van der Waals surface area contributed by atoms with Gasteiger partial charge in [-0.1, -0.05) is 0 Å². The van der Waals surface area contributed by atoms with Gasteiger partial charge in [0.2, 0.25) is 0 Å². The second kappa shape index (κ2) is 5.69. The molecule has 1 aromatic heterocycles. The van der Waals surface area contributed by atoms with E-state index < -0.39 is 0 Å². The second-order valence-corrected chi connectivity index (χ2v) is 6.28. The maximum atomic E-state index is 12.0. The third-order valence-electron chi connectivity index (χ3n) is 4.86. The summed E-state index contributed by atoms with van der Waals surface area (Å²) in [4.78, 5) is 12.0. The maximum Gasteiger partial charge on any atom is 0.166 e. The first-order chi connectivity index (χ1) is 12.5. The Bertz CT molecular complexity index is 1100. The number of hydrogen-bond acceptors (Lipinski definition) is 6. The summed E-state index contributed by atoms with van der Waals surface area (Å²) in [5.41, 5.74) is 1.48. The van der Waals surface area contributed by atoms with Crippen LogP contribution in [0.15, 0.2) is 28.4 Å². The molecule has 0 fully saturated rings. The van der Waals surface area contributed by atoms with Gasteiger partial charge in [0.05, 0.1) is 30.6 Å². The van der Waals surface area contributed by atoms with Crippen LogP contribution in [0.4, 0.5) is 0 Å². The number of aliphatic hydroxyl groups is 1. The lowest BCUT2D eigenvalue weighted by Gasteiger charge is -2.13. The summed E-state index contributed by atoms with van der Waals surface area (Å²) in [5.74, 6) is 1.16. The molecule has 6 heteroatoms. The molecule has 4 rings (SSSR count). The molecule has 0 saturated heterocycles. The molecule has 1 aliphatic carbocycles. The largest absolute Gasteiger partial charge is 0.511 e. The molecule has 1 aliphatic rings. The summed E-state index contributed by atoms with van der Waals surface area (Å²) >= 11 is 0. The molecule has 0 saturated carbocycles. The first-order valence-electron chi connectivity index (χ1n) is 8.23. The first-order valence-corrected chi connectivity index (χ1v) is 8.23. The lowest BCUT2D eigenvalue weighted by molar-refractivity contribution is -0.112. The van der Waals surface area contributed by atoms with E-state index in [0.29, 0.717) is 51.8 Å². The number of aliphatic hydroxyl groups excluding tert-OH is 1. The molecule has 1 heterocycles. The van der Waals surface area contributed by atoms with Crippen LogP contribution in [0.5, 0.6) is 17.2 Å². The summed E-state index contributed by atoms with van der Waals surface area (Å²) in [6, 6.07) is 5.06. The highest BCUT2D eigenvalue weighted by molar-refractivity contribution is 6.22. The number of phenols is 1. The van der Waals surface area contributed by atoms with Gasteiger partial charge in [0.25, 0.3) is 0 Å². The number of methoxy groups -OCH3 is 2. The number of rotatable bonds is 3. The molecule has 0 spiro atoms. The zero-order chi connectivity index (χ0) is 18.6. The fourth-order valence-corrected chi connectivity index (χ4v) is 3.72. The van der Waals surface area contributed by atoms with Crippen molar-refractivity contribution in [2.24, 2.45) is 0 Å². The van der Waals surface area contributed by atoms with Gasteiger partial charge in [-0.15, -0.1) is 0 Å². The minimum atomic E-state index is -0.263. The number of Topliss-reactive ketones (excluding diaryl/α,β-unsaturated/α-hetero) is 1. The fourth-order valence-electron chi connectivity index (χ4n) is 3.72. The number of allylic oxidation sites excluding steroid dienone is 2. The molecule has 0 atom stereocenters. The Morgan fingerprint density at radius 2 is 1.73 bits per heavy atom. The zero-order valence-corrected chi connectivity index (χ0v) is 14.7. The van der Waals surface area contributed by atoms with Crippen molar-refractivity contribution in [3.8, 4) is 17.2 Å². The molecule has 0 unspecified atom stereocenters. The fraction of sp³-hybridized carbons (Fsp3) is 0.250. The van der Waals surface area contributed by atoms with Gasteiger partial charge in [0.1, 0.15) is 34.4 Å². The standard InChI is InChI=1S/C20H18O6/c1-9(21)16-12(22)5-4-10-11-8-13(23)17-14(24-2)6-7-15(25-3)18(17)20(11)26-19(10)16/h6-8,22-23H,4-5H2,1-3H3. The van der Waals surface area contributed by atoms with E-state index in [4.69, 9.17) is 13.9 Å². The number of furan rings is 1. The number of hydrogen-bond donors (Lipinski definition) is 2. The molecular formula is C20H18O6. The van der Waals surface area contributed by atoms with E-state index in [1.807, 2.05) is 0 Å². The van der Waals surface area contributed by atoms with Gasteiger partial charge in [-0.05, 0) is 31.5 Å². The minimum Gasteiger partial charge on any atom is -0.511 e. The molecule has 3 aromatic rings. The number of ether oxygens (including phenoxy) is 2. The summed E-state index contributed by atoms with van der Waals surface area (Å²) in [6.07, 6.45) is 0.868. The molecule has 0 aliphatic heterocycles. The SMILES string of the molecule is COc1ccc(OC)c2c1c(O)cc1c3c(oc12)C(C(C)=O)=C(O)CC3. The van der Waals surface area contributed by atoms with Gasteiger partial charge < -0.3 is 24.1 Å². The van der Waals surface area contributed by atoms with E-state index in [2.05, 4.69) is 0 Å². The maximum absolute atomic E-state index is 12.0. The van der Waals surface area contributed by atoms with E-state index in [0.717, 1.165) is 5.56 Å². The Morgan fingerprint density at radius 3 is 2.35 bits per heavy atom. The summed E-state index contributed by atoms with van der Waals surface area (Å²) in [6.45, 7) is 1.40. The number of carbonyl (C=O) groups excluding carboxylic acids is 1. The molecular weight excluding hydrogens is 336 g/mol. The molecule has 26 heavy (non-hydrogen) atoms. The van der Waals surface area contributed by atoms with E-state index in [1.54, 1.807) is 18.2 Å². The number of aromatic hydroxyl groups is 1. The lowest BCUT2D eigenvalue weighted by Crippen LogP contribution is -2.08. The van der Waals surface area contributed by atoms with Gasteiger partial charge >= 0.3 is 0 Å². The minimum absolute atomic E-state index is 0.0297. The summed E-state index contributed by atoms with van der Waals surface area (Å²) in [5, 5.41) is 22.5. The molecule has 0 amide bonds. The highest BCUT2D eigenvalue weighted by Crippen LogP contribution is 2.47. The van der Waals surface area contributed by atoms with Gasteiger partial charge in [-0.25, -0.2) is 0 Å². The predicted octanol–water partition coefficient (Wildman–Crippen LogP) is 4.11. The molecule has 6 nitrogen and oxygen atoms in total. The molecule has 0 bridgehead atoms. The first kappa shape index (κ1) is 16.3. The number of carbonyl (C=O) groups is 1. The van der Waals surface area contributed by atoms with Crippen molar-refractivity contribution in [2.75, 3.05) is 14.2 Å². The third kappa shape index (κ3) is 2.08. The zero-order valence-electron chi connectivity index (χ0n) is 14.7. The van der Waals surface area contributed by atoms with Crippen LogP contribution in [0.1, 0.15) is 24.7 Å². The highest BCUT2D eigenvalue weighted by atomic mass is 16.5. The average molecular weight is 354 g/mol. The van der Waals surface area contributed by atoms with Crippen molar-refractivity contribution in [2.45, 2.75) is 19.8 Å². The monoisotopic (exact) mass is 354 g/mol. The number of ketones is 1. The van der Waals surface area contributed by atoms with Gasteiger partial charge in [0.15, 0.2) is 5.78 Å². The Balaban J connectivity index is 2.20. The number of fused-ring (bicyclic) bond motifs is 5. The molecule has 134 valence electrons. The smallest absolute Gasteiger partial charge is 0.166 e. The van der Waals surface area contributed by atoms with Gasteiger partial charge in [0, 0.05) is 17.4 Å². The van der Waals surface area contributed by atoms with E-state index in [9.17, 15) is 15.0 Å². The summed E-state index contributed by atoms with van der Waals surface area (Å²) < 4.78 is 16.9. The Labute approximate surface area is 149 Å². The van der Waals surface area contributed by atoms with Crippen molar-refractivity contribution in [3.63, 3.8) is 0 Å². The van der Waals surface area contributed by atoms with Crippen LogP contribution < -0.4 is 9.47 Å². The topological polar surface area (TPSA) is 89.1 Å². The van der Waals surface area contributed by atoms with E-state index in [1.165, 1.54) is 21.1 Å². The van der Waals surface area contributed by atoms with Crippen LogP contribution in [0.25, 0.3) is 27.3 Å². The van der Waals surface area contributed by atoms with Crippen LogP contribution in [0, 0.1) is 0 Å². The van der Waals surface area contributed by atoms with Crippen LogP contribution in [-0.4, -0.2) is 30.2 Å². The summed E-state index contributed by atoms with van der Waals surface area (Å²) in [7, 11) is 3.05. The van der Waals surface area contributed by atoms with Crippen LogP contribution in [0.3, 0.4) is 0 Å². The van der Waals surface area contributed by atoms with E-state index in [-0.39, 0.29) is 22.9 Å². The Kier molecular flexibility index (Phi) is 3.57. The van der Waals surface area contributed by atoms with Crippen molar-refractivity contribution < 1.29 is 28.9 Å². The number of phenolic OH excluding ortho intramolecular Hbond substituents is 1. The van der Waals surface area contributed by atoms with Crippen LogP contribution in [-0.2, 0) is 11.2 Å². The van der Waals surface area contributed by atoms with E-state index >= 15 is 0 Å². The quantitative estimate of drug-likeness (QED) is 0.736. The van der Waals surface area contributed by atoms with Gasteiger partial charge in [-0.3, -0.25) is 4.79 Å². The normalized spacial score (nSPS) is 14.0. The Morgan fingerprint density at radius 1 is 1.08 bits per heavy atom. The average Bonchev–Trinajstić information content (AvgIpc) is 2.98. The third-order valence-corrected chi connectivity index (χ3v) is 4.86. The Hall–Kier alpha value is -3.15. The van der Waals surface area contributed by atoms with Gasteiger partial charge in [-0.2, -0.15) is 0 Å². The number of benzene rings is 2. The molecule has 0 radical (unpaired) electrons. The molecule has 2 aromatic carbocycles. The second-order valence-electron chi connectivity index (χ2n) is 6.28. The van der Waals surface area contributed by atoms with Crippen LogP contribution in [0.2, 0.25) is 0 Å².